The Bertz CT molecular complexity index is 1170. The zero-order valence-corrected chi connectivity index (χ0v) is 26.6. The molecular weight excluding hydrogens is 716 g/mol. The van der Waals surface area contributed by atoms with Crippen molar-refractivity contribution in [2.45, 2.75) is 0 Å². The van der Waals surface area contributed by atoms with Crippen molar-refractivity contribution in [1.82, 2.24) is 0 Å². The first-order chi connectivity index (χ1) is 18.9. The number of hydrogen-bond donors (Lipinski definition) is 0. The predicted molar refractivity (Wildman–Crippen MR) is 168 cm³/mol. The summed E-state index contributed by atoms with van der Waals surface area (Å²) in [6, 6.07) is 65.7. The van der Waals surface area contributed by atoms with Crippen molar-refractivity contribution in [3.05, 3.63) is 182 Å². The quantitative estimate of drug-likeness (QED) is 0.222. The van der Waals surface area contributed by atoms with E-state index < -0.39 is 36.4 Å². The van der Waals surface area contributed by atoms with Crippen LogP contribution in [0.5, 0.6) is 0 Å². The van der Waals surface area contributed by atoms with Gasteiger partial charge in [-0.2, -0.15) is 0 Å². The first-order valence-electron chi connectivity index (χ1n) is 12.8. The zero-order chi connectivity index (χ0) is 25.8. The topological polar surface area (TPSA) is 0 Å². The van der Waals surface area contributed by atoms with Crippen molar-refractivity contribution in [3.63, 3.8) is 0 Å². The molecule has 0 aromatic heterocycles. The van der Waals surface area contributed by atoms with E-state index in [1.807, 2.05) is 0 Å². The average molecular weight is 747 g/mol. The van der Waals surface area contributed by atoms with Crippen LogP contribution in [0, 0.1) is 0 Å². The van der Waals surface area contributed by atoms with Gasteiger partial charge in [-0.15, -0.1) is 0 Å². The second-order valence-electron chi connectivity index (χ2n) is 8.68. The molecule has 0 saturated heterocycles. The molecule has 0 heterocycles. The summed E-state index contributed by atoms with van der Waals surface area (Å²) in [5, 5.41) is 0. The minimum atomic E-state index is -2.06. The van der Waals surface area contributed by atoms with Crippen molar-refractivity contribution in [2.24, 2.45) is 0 Å². The van der Waals surface area contributed by atoms with Gasteiger partial charge in [0, 0.05) is 0 Å². The van der Waals surface area contributed by atoms with Crippen LogP contribution in [0.2, 0.25) is 0 Å². The van der Waals surface area contributed by atoms with E-state index in [0.717, 1.165) is 0 Å². The van der Waals surface area contributed by atoms with Gasteiger partial charge in [-0.25, -0.2) is 0 Å². The molecule has 0 fully saturated rings. The van der Waals surface area contributed by atoms with Crippen molar-refractivity contribution in [1.29, 1.82) is 0 Å². The number of rotatable bonds is 6. The molecular formula is C36H30AsBi. The molecule has 0 unspecified atom stereocenters. The standard InChI is InChI=1S/C18H15As.3C6H5.Bi/c1-4-10-16(11-5-1)19(17-12-6-2-7-13-17)18-14-8-3-9-15-18;3*1-2-4-6-5-3-1;/h1-15H;3*1-5H;. The summed E-state index contributed by atoms with van der Waals surface area (Å²) >= 11 is -3.45. The van der Waals surface area contributed by atoms with Gasteiger partial charge >= 0.3 is 241 Å². The third kappa shape index (κ3) is 6.99. The molecule has 38 heavy (non-hydrogen) atoms. The van der Waals surface area contributed by atoms with Crippen molar-refractivity contribution >= 4 is 59.3 Å². The molecule has 2 heteroatoms. The number of benzene rings is 6. The molecule has 0 aliphatic heterocycles. The van der Waals surface area contributed by atoms with Gasteiger partial charge in [0.1, 0.15) is 0 Å². The van der Waals surface area contributed by atoms with Crippen LogP contribution in [-0.4, -0.2) is 36.4 Å². The van der Waals surface area contributed by atoms with E-state index in [4.69, 9.17) is 0 Å². The van der Waals surface area contributed by atoms with Gasteiger partial charge in [-0.1, -0.05) is 0 Å². The molecule has 0 saturated carbocycles. The monoisotopic (exact) mass is 746 g/mol. The summed E-state index contributed by atoms with van der Waals surface area (Å²) in [5.74, 6) is 0. The van der Waals surface area contributed by atoms with Crippen LogP contribution in [0.1, 0.15) is 0 Å². The summed E-state index contributed by atoms with van der Waals surface area (Å²) in [4.78, 5) is 0. The Morgan fingerprint density at radius 1 is 0.263 bits per heavy atom. The van der Waals surface area contributed by atoms with Crippen LogP contribution in [0.15, 0.2) is 182 Å². The Kier molecular flexibility index (Phi) is 9.76. The maximum absolute atomic E-state index is 2.29. The van der Waals surface area contributed by atoms with Gasteiger partial charge in [0.2, 0.25) is 0 Å². The third-order valence-electron chi connectivity index (χ3n) is 6.09. The van der Waals surface area contributed by atoms with Gasteiger partial charge in [-0.05, 0) is 0 Å². The molecule has 0 N–H and O–H groups in total. The molecule has 0 spiro atoms. The van der Waals surface area contributed by atoms with Gasteiger partial charge in [0.05, 0.1) is 0 Å². The zero-order valence-electron chi connectivity index (χ0n) is 21.2. The van der Waals surface area contributed by atoms with Gasteiger partial charge < -0.3 is 0 Å². The van der Waals surface area contributed by atoms with Crippen LogP contribution in [0.3, 0.4) is 0 Å². The summed E-state index contributed by atoms with van der Waals surface area (Å²) in [7, 11) is 0. The van der Waals surface area contributed by atoms with Crippen LogP contribution < -0.4 is 22.9 Å². The first kappa shape index (κ1) is 26.4. The molecule has 0 amide bonds. The Morgan fingerprint density at radius 3 is 0.711 bits per heavy atom. The molecule has 0 nitrogen and oxygen atoms in total. The van der Waals surface area contributed by atoms with E-state index in [0.29, 0.717) is 0 Å². The average Bonchev–Trinajstić information content (AvgIpc) is 3.01. The van der Waals surface area contributed by atoms with E-state index in [2.05, 4.69) is 182 Å². The molecule has 6 aromatic carbocycles. The summed E-state index contributed by atoms with van der Waals surface area (Å²) in [6.45, 7) is 0. The maximum atomic E-state index is 2.29. The molecule has 0 radical (unpaired) electrons. The van der Waals surface area contributed by atoms with Crippen molar-refractivity contribution < 1.29 is 0 Å². The Balaban J connectivity index is 0.000000155. The van der Waals surface area contributed by atoms with Crippen LogP contribution in [0.4, 0.5) is 0 Å². The van der Waals surface area contributed by atoms with E-state index >= 15 is 0 Å². The minimum absolute atomic E-state index is 1.39. The van der Waals surface area contributed by atoms with E-state index in [1.165, 1.54) is 22.9 Å². The SMILES string of the molecule is c1cc[c]([Bi]([c]2ccccc2)[c]2ccccc2)cc1.c1ccc([As](c2ccccc2)c2ccccc2)cc1. The van der Waals surface area contributed by atoms with E-state index in [9.17, 15) is 0 Å². The fourth-order valence-corrected chi connectivity index (χ4v) is 18.2. The molecule has 0 aliphatic rings. The Labute approximate surface area is 239 Å². The fraction of sp³-hybridized carbons (Fsp3) is 0. The Morgan fingerprint density at radius 2 is 0.474 bits per heavy atom. The van der Waals surface area contributed by atoms with Crippen LogP contribution in [0.25, 0.3) is 0 Å². The van der Waals surface area contributed by atoms with Crippen LogP contribution in [-0.2, 0) is 0 Å². The number of hydrogen-bond acceptors (Lipinski definition) is 0. The first-order valence-corrected chi connectivity index (χ1v) is 20.8. The summed E-state index contributed by atoms with van der Waals surface area (Å²) in [6.07, 6.45) is 0. The van der Waals surface area contributed by atoms with E-state index in [-0.39, 0.29) is 0 Å². The predicted octanol–water partition coefficient (Wildman–Crippen LogP) is 4.41. The van der Waals surface area contributed by atoms with Gasteiger partial charge in [-0.3, -0.25) is 0 Å². The van der Waals surface area contributed by atoms with E-state index in [1.54, 1.807) is 0 Å². The molecule has 6 aromatic rings. The molecule has 0 atom stereocenters. The second-order valence-corrected chi connectivity index (χ2v) is 22.0. The molecule has 6 rings (SSSR count). The summed E-state index contributed by atoms with van der Waals surface area (Å²) in [5.41, 5.74) is 0. The van der Waals surface area contributed by atoms with Gasteiger partial charge in [0.15, 0.2) is 0 Å². The second kappa shape index (κ2) is 14.1. The molecule has 184 valence electrons. The molecule has 0 bridgehead atoms. The normalized spacial score (nSPS) is 10.6. The Hall–Kier alpha value is -3.24. The van der Waals surface area contributed by atoms with Gasteiger partial charge in [0.25, 0.3) is 0 Å². The van der Waals surface area contributed by atoms with Crippen LogP contribution >= 0.6 is 0 Å². The van der Waals surface area contributed by atoms with Crippen molar-refractivity contribution in [2.75, 3.05) is 0 Å². The third-order valence-corrected chi connectivity index (χ3v) is 20.7. The molecule has 0 aliphatic carbocycles. The summed E-state index contributed by atoms with van der Waals surface area (Å²) < 4.78 is 9.05. The fourth-order valence-electron chi connectivity index (χ4n) is 4.36. The van der Waals surface area contributed by atoms with Crippen molar-refractivity contribution in [3.8, 4) is 0 Å².